The van der Waals surface area contributed by atoms with Crippen LogP contribution >= 0.6 is 0 Å². The minimum atomic E-state index is -2.63. The molecule has 0 bridgehead atoms. The lowest BCUT2D eigenvalue weighted by atomic mass is 9.79. The van der Waals surface area contributed by atoms with Gasteiger partial charge in [-0.1, -0.05) is 101 Å². The van der Waals surface area contributed by atoms with Crippen LogP contribution in [0.15, 0.2) is 79.1 Å². The third-order valence-corrected chi connectivity index (χ3v) is 12.2. The van der Waals surface area contributed by atoms with Crippen molar-refractivity contribution in [3.8, 4) is 5.75 Å². The fraction of sp³-hybridized carbons (Fsp3) is 0.419. The van der Waals surface area contributed by atoms with Gasteiger partial charge in [0.1, 0.15) is 0 Å². The number of aromatic nitrogens is 2. The first-order valence-electron chi connectivity index (χ1n) is 13.2. The van der Waals surface area contributed by atoms with Gasteiger partial charge in [0.25, 0.3) is 8.32 Å². The zero-order valence-electron chi connectivity index (χ0n) is 23.3. The fourth-order valence-corrected chi connectivity index (χ4v) is 9.70. The smallest absolute Gasteiger partial charge is 0.261 e. The van der Waals surface area contributed by atoms with E-state index >= 15 is 0 Å². The Bertz CT molecular complexity index is 1150. The second-order valence-electron chi connectivity index (χ2n) is 11.9. The predicted molar refractivity (Wildman–Crippen MR) is 155 cm³/mol. The molecule has 5 nitrogen and oxygen atoms in total. The lowest BCUT2D eigenvalue weighted by molar-refractivity contribution is 0.161. The van der Waals surface area contributed by atoms with Gasteiger partial charge in [-0.15, -0.1) is 0 Å². The Kier molecular flexibility index (Phi) is 7.90. The molecule has 0 saturated heterocycles. The summed E-state index contributed by atoms with van der Waals surface area (Å²) in [5.41, 5.74) is 0.960. The molecule has 1 aliphatic heterocycles. The molecule has 0 spiro atoms. The summed E-state index contributed by atoms with van der Waals surface area (Å²) in [6, 6.07) is 21.7. The van der Waals surface area contributed by atoms with E-state index < -0.39 is 8.32 Å². The van der Waals surface area contributed by atoms with Crippen molar-refractivity contribution in [3.05, 3.63) is 85.0 Å². The van der Waals surface area contributed by atoms with E-state index in [-0.39, 0.29) is 22.6 Å². The van der Waals surface area contributed by atoms with E-state index in [0.717, 1.165) is 12.1 Å². The molecular weight excluding hydrogens is 474 g/mol. The summed E-state index contributed by atoms with van der Waals surface area (Å²) < 4.78 is 13.0. The van der Waals surface area contributed by atoms with Crippen molar-refractivity contribution in [1.29, 1.82) is 0 Å². The summed E-state index contributed by atoms with van der Waals surface area (Å²) in [7, 11) is -2.63. The molecule has 196 valence electrons. The van der Waals surface area contributed by atoms with Crippen molar-refractivity contribution in [3.63, 3.8) is 0 Å². The Morgan fingerprint density at radius 2 is 1.49 bits per heavy atom. The minimum absolute atomic E-state index is 0.00952. The van der Waals surface area contributed by atoms with Crippen LogP contribution in [-0.2, 0) is 4.43 Å². The van der Waals surface area contributed by atoms with Crippen molar-refractivity contribution in [1.82, 2.24) is 15.3 Å². The Labute approximate surface area is 223 Å². The highest BCUT2D eigenvalue weighted by Gasteiger charge is 2.51. The van der Waals surface area contributed by atoms with Crippen LogP contribution in [0.5, 0.6) is 5.75 Å². The van der Waals surface area contributed by atoms with Crippen LogP contribution in [0, 0.1) is 5.41 Å². The van der Waals surface area contributed by atoms with E-state index in [1.807, 2.05) is 13.8 Å². The van der Waals surface area contributed by atoms with Gasteiger partial charge in [0.15, 0.2) is 11.6 Å². The molecule has 0 fully saturated rings. The van der Waals surface area contributed by atoms with Crippen LogP contribution in [0.1, 0.15) is 60.7 Å². The monoisotopic (exact) mass is 515 g/mol. The highest BCUT2D eigenvalue weighted by Crippen LogP contribution is 2.39. The Balaban J connectivity index is 1.64. The number of allylic oxidation sites excluding steroid dienone is 1. The summed E-state index contributed by atoms with van der Waals surface area (Å²) in [5.74, 6) is 1.36. The van der Waals surface area contributed by atoms with Crippen LogP contribution < -0.4 is 20.4 Å². The van der Waals surface area contributed by atoms with Gasteiger partial charge in [-0.05, 0) is 41.1 Å². The first-order chi connectivity index (χ1) is 17.5. The third-order valence-electron chi connectivity index (χ3n) is 7.23. The van der Waals surface area contributed by atoms with E-state index in [2.05, 4.69) is 117 Å². The van der Waals surface area contributed by atoms with Gasteiger partial charge >= 0.3 is 0 Å². The maximum absolute atomic E-state index is 7.28. The third kappa shape index (κ3) is 5.81. The van der Waals surface area contributed by atoms with Gasteiger partial charge in [-0.2, -0.15) is 0 Å². The first-order valence-corrected chi connectivity index (χ1v) is 15.1. The van der Waals surface area contributed by atoms with Crippen molar-refractivity contribution >= 4 is 24.4 Å². The molecule has 1 aliphatic rings. The van der Waals surface area contributed by atoms with Gasteiger partial charge in [0, 0.05) is 0 Å². The van der Waals surface area contributed by atoms with E-state index in [1.165, 1.54) is 10.4 Å². The number of ether oxygens (including phenoxy) is 1. The SMILES string of the molecule is CC(C)Oc1cnc(C2=CCC(C)(C)C(CO[Si](c3ccccc3)(c3ccccc3)C(C)(C)C)N2)nc1. The Morgan fingerprint density at radius 3 is 1.97 bits per heavy atom. The van der Waals surface area contributed by atoms with Crippen molar-refractivity contribution in [2.24, 2.45) is 5.41 Å². The average Bonchev–Trinajstić information content (AvgIpc) is 2.86. The van der Waals surface area contributed by atoms with E-state index in [9.17, 15) is 0 Å². The molecule has 4 rings (SSSR count). The number of nitrogens with one attached hydrogen (secondary N) is 1. The van der Waals surface area contributed by atoms with Crippen LogP contribution in [-0.4, -0.2) is 37.0 Å². The number of hydrogen-bond donors (Lipinski definition) is 1. The normalized spacial score (nSPS) is 17.7. The quantitative estimate of drug-likeness (QED) is 0.398. The molecule has 0 amide bonds. The highest BCUT2D eigenvalue weighted by molar-refractivity contribution is 6.99. The molecule has 1 unspecified atom stereocenters. The van der Waals surface area contributed by atoms with E-state index in [1.54, 1.807) is 12.4 Å². The van der Waals surface area contributed by atoms with Crippen LogP contribution in [0.25, 0.3) is 5.70 Å². The van der Waals surface area contributed by atoms with Gasteiger partial charge in [-0.25, -0.2) is 9.97 Å². The lowest BCUT2D eigenvalue weighted by Crippen LogP contribution is -2.67. The topological polar surface area (TPSA) is 56.3 Å². The Hall–Kier alpha value is -2.96. The molecule has 1 atom stereocenters. The lowest BCUT2D eigenvalue weighted by Gasteiger charge is -2.46. The molecule has 2 aromatic carbocycles. The molecule has 0 saturated carbocycles. The van der Waals surface area contributed by atoms with E-state index in [0.29, 0.717) is 18.2 Å². The molecule has 37 heavy (non-hydrogen) atoms. The molecular formula is C31H41N3O2Si. The van der Waals surface area contributed by atoms with Crippen molar-refractivity contribution in [2.45, 2.75) is 72.1 Å². The largest absolute Gasteiger partial charge is 0.488 e. The number of benzene rings is 2. The summed E-state index contributed by atoms with van der Waals surface area (Å²) in [4.78, 5) is 9.16. The highest BCUT2D eigenvalue weighted by atomic mass is 28.4. The molecule has 0 radical (unpaired) electrons. The number of hydrogen-bond acceptors (Lipinski definition) is 5. The van der Waals surface area contributed by atoms with Crippen LogP contribution in [0.2, 0.25) is 5.04 Å². The van der Waals surface area contributed by atoms with Gasteiger partial charge in [-0.3, -0.25) is 0 Å². The average molecular weight is 516 g/mol. The predicted octanol–water partition coefficient (Wildman–Crippen LogP) is 5.57. The summed E-state index contributed by atoms with van der Waals surface area (Å²) in [6.45, 7) is 16.1. The molecule has 6 heteroatoms. The maximum atomic E-state index is 7.28. The van der Waals surface area contributed by atoms with Crippen molar-refractivity contribution in [2.75, 3.05) is 6.61 Å². The van der Waals surface area contributed by atoms with E-state index in [4.69, 9.17) is 9.16 Å². The van der Waals surface area contributed by atoms with Gasteiger partial charge < -0.3 is 14.5 Å². The van der Waals surface area contributed by atoms with Gasteiger partial charge in [0.05, 0.1) is 36.8 Å². The summed E-state index contributed by atoms with van der Waals surface area (Å²) in [6.07, 6.45) is 6.71. The molecule has 2 heterocycles. The number of nitrogens with zero attached hydrogens (tertiary/aromatic N) is 2. The second kappa shape index (κ2) is 10.8. The molecule has 1 N–H and O–H groups in total. The first kappa shape index (κ1) is 27.1. The molecule has 0 aliphatic carbocycles. The minimum Gasteiger partial charge on any atom is -0.488 e. The zero-order valence-corrected chi connectivity index (χ0v) is 24.3. The van der Waals surface area contributed by atoms with Crippen LogP contribution in [0.4, 0.5) is 0 Å². The molecule has 1 aromatic heterocycles. The second-order valence-corrected chi connectivity index (χ2v) is 16.2. The van der Waals surface area contributed by atoms with Crippen molar-refractivity contribution < 1.29 is 9.16 Å². The Morgan fingerprint density at radius 1 is 0.946 bits per heavy atom. The van der Waals surface area contributed by atoms with Crippen LogP contribution in [0.3, 0.4) is 0 Å². The zero-order chi connectivity index (χ0) is 26.7. The van der Waals surface area contributed by atoms with Gasteiger partial charge in [0.2, 0.25) is 0 Å². The summed E-state index contributed by atoms with van der Waals surface area (Å²) in [5, 5.41) is 6.26. The maximum Gasteiger partial charge on any atom is 0.261 e. The number of rotatable bonds is 8. The standard InChI is InChI=1S/C31H41N3O2Si/c1-23(2)36-24-20-32-29(33-21-24)27-18-19-31(6,7)28(34-27)22-35-37(30(3,4)5,25-14-10-8-11-15-25)26-16-12-9-13-17-26/h8-18,20-21,23,28,34H,19,22H2,1-7H3. The molecule has 3 aromatic rings. The fourth-order valence-electron chi connectivity index (χ4n) is 5.13. The summed E-state index contributed by atoms with van der Waals surface area (Å²) >= 11 is 0.